The van der Waals surface area contributed by atoms with E-state index in [0.29, 0.717) is 0 Å². The molecular formula is C24H32FN2O16P. The van der Waals surface area contributed by atoms with E-state index in [4.69, 9.17) is 48.4 Å². The molecule has 44 heavy (non-hydrogen) atoms. The summed E-state index contributed by atoms with van der Waals surface area (Å²) < 4.78 is 85.8. The Hall–Kier alpha value is -3.34. The number of H-pyrrole nitrogens is 1. The molecule has 0 aliphatic carbocycles. The molecule has 2 fully saturated rings. The lowest BCUT2D eigenvalue weighted by Crippen LogP contribution is -2.52. The van der Waals surface area contributed by atoms with Gasteiger partial charge in [-0.25, -0.2) is 32.4 Å². The van der Waals surface area contributed by atoms with Crippen LogP contribution in [-0.2, 0) is 56.0 Å². The minimum absolute atomic E-state index is 0.560. The number of rotatable bonds is 14. The monoisotopic (exact) mass is 654 g/mol. The van der Waals surface area contributed by atoms with E-state index >= 15 is 0 Å². The van der Waals surface area contributed by atoms with Crippen LogP contribution in [0, 0.1) is 12.3 Å². The Bertz CT molecular complexity index is 1340. The van der Waals surface area contributed by atoms with Gasteiger partial charge in [-0.15, -0.1) is 6.42 Å². The van der Waals surface area contributed by atoms with E-state index in [-0.39, 0.29) is 0 Å². The number of methoxy groups -OCH3 is 1. The minimum atomic E-state index is -4.91. The van der Waals surface area contributed by atoms with Gasteiger partial charge in [-0.2, -0.15) is 0 Å². The third kappa shape index (κ3) is 8.02. The van der Waals surface area contributed by atoms with Gasteiger partial charge in [0.1, 0.15) is 12.8 Å². The number of phosphoric ester groups is 1. The molecule has 1 N–H and O–H groups in total. The molecule has 0 saturated carbocycles. The highest BCUT2D eigenvalue weighted by atomic mass is 31.2. The molecule has 2 aliphatic rings. The standard InChI is InChI=1S/C24H32FN2O16P/c1-7-24-17(41-22(33-6)43-24)23(10-25,42-18(24)27-9-8-16(28)26-19(27)29)11-36-44(32,37-12-34-20(30)39-14(2)3)38-13-35-21(31)40-15(4)5/h1,8-9,14-15,17-18,22H,10-13H2,2-6H3,(H,26,28,29)/t17-,18-,22?,23-,24-/m1/s1. The summed E-state index contributed by atoms with van der Waals surface area (Å²) in [5.74, 6) is 2.30. The van der Waals surface area contributed by atoms with Crippen molar-refractivity contribution < 1.29 is 70.0 Å². The topological polar surface area (TPSA) is 208 Å². The third-order valence-corrected chi connectivity index (χ3v) is 7.06. The van der Waals surface area contributed by atoms with E-state index in [1.165, 1.54) is 7.11 Å². The predicted octanol–water partition coefficient (Wildman–Crippen LogP) is 1.69. The quantitative estimate of drug-likeness (QED) is 0.131. The van der Waals surface area contributed by atoms with Crippen molar-refractivity contribution in [1.29, 1.82) is 0 Å². The number of carbonyl (C=O) groups is 2. The summed E-state index contributed by atoms with van der Waals surface area (Å²) in [5.41, 5.74) is -6.10. The summed E-state index contributed by atoms with van der Waals surface area (Å²) in [7, 11) is -3.72. The Morgan fingerprint density at radius 1 is 1.09 bits per heavy atom. The first-order valence-corrected chi connectivity index (χ1v) is 14.3. The number of hydrogen-bond donors (Lipinski definition) is 1. The summed E-state index contributed by atoms with van der Waals surface area (Å²) in [6.45, 7) is 0.0860. The average molecular weight is 654 g/mol. The Kier molecular flexibility index (Phi) is 11.7. The number of nitrogens with one attached hydrogen (secondary N) is 1. The van der Waals surface area contributed by atoms with Crippen LogP contribution in [-0.4, -0.2) is 91.8 Å². The van der Waals surface area contributed by atoms with Crippen molar-refractivity contribution >= 4 is 20.1 Å². The first-order chi connectivity index (χ1) is 20.7. The lowest BCUT2D eigenvalue weighted by atomic mass is 9.87. The fourth-order valence-electron chi connectivity index (χ4n) is 3.98. The largest absolute Gasteiger partial charge is 0.510 e. The van der Waals surface area contributed by atoms with E-state index in [0.717, 1.165) is 16.8 Å². The smallest absolute Gasteiger partial charge is 0.432 e. The van der Waals surface area contributed by atoms with Gasteiger partial charge in [0.2, 0.25) is 19.2 Å². The summed E-state index contributed by atoms with van der Waals surface area (Å²) in [5, 5.41) is 0. The number of aromatic nitrogens is 2. The maximum absolute atomic E-state index is 15.0. The normalized spacial score (nSPS) is 26.3. The fourth-order valence-corrected chi connectivity index (χ4v) is 4.94. The summed E-state index contributed by atoms with van der Waals surface area (Å²) in [6.07, 6.45) is 0.0534. The molecule has 0 spiro atoms. The zero-order chi connectivity index (χ0) is 32.7. The third-order valence-electron chi connectivity index (χ3n) is 5.77. The molecule has 3 rings (SSSR count). The number of nitrogens with zero attached hydrogens (tertiary/aromatic N) is 1. The molecule has 0 radical (unpaired) electrons. The molecule has 1 unspecified atom stereocenters. The van der Waals surface area contributed by atoms with Crippen molar-refractivity contribution in [1.82, 2.24) is 9.55 Å². The zero-order valence-electron chi connectivity index (χ0n) is 24.3. The number of alkyl halides is 1. The Morgan fingerprint density at radius 3 is 2.16 bits per heavy atom. The van der Waals surface area contributed by atoms with Crippen molar-refractivity contribution in [3.05, 3.63) is 33.1 Å². The Labute approximate surface area is 249 Å². The Balaban J connectivity index is 1.89. The van der Waals surface area contributed by atoms with E-state index in [1.54, 1.807) is 27.7 Å². The number of aromatic amines is 1. The minimum Gasteiger partial charge on any atom is -0.432 e. The summed E-state index contributed by atoms with van der Waals surface area (Å²) >= 11 is 0. The van der Waals surface area contributed by atoms with E-state index in [9.17, 15) is 28.1 Å². The molecule has 18 nitrogen and oxygen atoms in total. The first kappa shape index (κ1) is 35.1. The van der Waals surface area contributed by atoms with Gasteiger partial charge in [0.05, 0.1) is 18.8 Å². The molecule has 20 heteroatoms. The number of halogens is 1. The molecule has 1 aromatic rings. The van der Waals surface area contributed by atoms with Gasteiger partial charge in [-0.05, 0) is 27.7 Å². The number of phosphoric acid groups is 1. The van der Waals surface area contributed by atoms with E-state index in [1.807, 2.05) is 4.98 Å². The van der Waals surface area contributed by atoms with Crippen LogP contribution in [0.2, 0.25) is 0 Å². The van der Waals surface area contributed by atoms with E-state index in [2.05, 4.69) is 15.4 Å². The highest BCUT2D eigenvalue weighted by Gasteiger charge is 2.72. The highest BCUT2D eigenvalue weighted by Crippen LogP contribution is 2.56. The second kappa shape index (κ2) is 14.6. The van der Waals surface area contributed by atoms with Gasteiger partial charge >= 0.3 is 25.8 Å². The molecular weight excluding hydrogens is 622 g/mol. The molecule has 2 aliphatic heterocycles. The van der Waals surface area contributed by atoms with Gasteiger partial charge in [0.15, 0.2) is 11.8 Å². The number of carbonyl (C=O) groups excluding carboxylic acids is 2. The van der Waals surface area contributed by atoms with Crippen LogP contribution in [0.3, 0.4) is 0 Å². The molecule has 246 valence electrons. The predicted molar refractivity (Wildman–Crippen MR) is 139 cm³/mol. The molecule has 5 atom stereocenters. The molecule has 2 saturated heterocycles. The van der Waals surface area contributed by atoms with Crippen molar-refractivity contribution in [3.8, 4) is 12.3 Å². The molecule has 0 aromatic carbocycles. The first-order valence-electron chi connectivity index (χ1n) is 12.8. The van der Waals surface area contributed by atoms with Gasteiger partial charge in [-0.3, -0.25) is 18.9 Å². The maximum atomic E-state index is 15.0. The van der Waals surface area contributed by atoms with Crippen LogP contribution in [0.15, 0.2) is 21.9 Å². The van der Waals surface area contributed by atoms with Crippen molar-refractivity contribution in [2.24, 2.45) is 0 Å². The van der Waals surface area contributed by atoms with Crippen molar-refractivity contribution in [2.75, 3.05) is 34.0 Å². The number of hydrogen-bond acceptors (Lipinski definition) is 16. The summed E-state index contributed by atoms with van der Waals surface area (Å²) in [4.78, 5) is 49.7. The zero-order valence-corrected chi connectivity index (χ0v) is 25.1. The van der Waals surface area contributed by atoms with Crippen LogP contribution < -0.4 is 11.2 Å². The second-order valence-corrected chi connectivity index (χ2v) is 11.3. The van der Waals surface area contributed by atoms with E-state index < -0.39 is 100 Å². The SMILES string of the molecule is C#C[C@@]12OC(OC)O[C@@H]1[C@@](CF)(COP(=O)(OCOC(=O)OC(C)C)OCOC(=O)OC(C)C)O[C@H]2n1ccc(=O)[nH]c1=O. The summed E-state index contributed by atoms with van der Waals surface area (Å²) in [6, 6.07) is 0.976. The van der Waals surface area contributed by atoms with Crippen molar-refractivity contribution in [2.45, 2.75) is 69.9 Å². The van der Waals surface area contributed by atoms with Gasteiger partial charge in [0.25, 0.3) is 12.0 Å². The molecule has 3 heterocycles. The number of ether oxygens (including phenoxy) is 8. The lowest BCUT2D eigenvalue weighted by Gasteiger charge is -2.31. The van der Waals surface area contributed by atoms with Crippen LogP contribution in [0.25, 0.3) is 0 Å². The molecule has 1 aromatic heterocycles. The number of terminal acetylenes is 1. The second-order valence-electron chi connectivity index (χ2n) is 9.62. The van der Waals surface area contributed by atoms with Crippen LogP contribution in [0.1, 0.15) is 33.9 Å². The Morgan fingerprint density at radius 2 is 1.68 bits per heavy atom. The van der Waals surface area contributed by atoms with Gasteiger partial charge < -0.3 is 37.9 Å². The highest BCUT2D eigenvalue weighted by molar-refractivity contribution is 7.48. The van der Waals surface area contributed by atoms with Gasteiger partial charge in [-0.1, -0.05) is 5.92 Å². The average Bonchev–Trinajstić information content (AvgIpc) is 3.45. The lowest BCUT2D eigenvalue weighted by molar-refractivity contribution is -0.278. The van der Waals surface area contributed by atoms with Crippen LogP contribution in [0.4, 0.5) is 14.0 Å². The maximum Gasteiger partial charge on any atom is 0.510 e. The van der Waals surface area contributed by atoms with Gasteiger partial charge in [0, 0.05) is 19.4 Å². The van der Waals surface area contributed by atoms with Crippen LogP contribution in [0.5, 0.6) is 0 Å². The number of fused-ring (bicyclic) bond motifs is 1. The fraction of sp³-hybridized carbons (Fsp3) is 0.667. The van der Waals surface area contributed by atoms with Crippen molar-refractivity contribution in [3.63, 3.8) is 0 Å². The van der Waals surface area contributed by atoms with Crippen LogP contribution >= 0.6 is 7.82 Å². The molecule has 0 bridgehead atoms. The molecule has 0 amide bonds.